The summed E-state index contributed by atoms with van der Waals surface area (Å²) in [5.41, 5.74) is 1.80. The molecule has 3 aliphatic rings. The van der Waals surface area contributed by atoms with Gasteiger partial charge in [-0.25, -0.2) is 0 Å². The number of hydrogen-bond acceptors (Lipinski definition) is 5. The Morgan fingerprint density at radius 2 is 1.57 bits per heavy atom. The molecule has 0 saturated carbocycles. The molecule has 2 aromatic rings. The molecule has 5 rings (SSSR count). The Bertz CT molecular complexity index is 1240. The average Bonchev–Trinajstić information content (AvgIpc) is 3.47. The van der Waals surface area contributed by atoms with Crippen molar-refractivity contribution in [2.75, 3.05) is 32.7 Å². The molecule has 0 radical (unpaired) electrons. The van der Waals surface area contributed by atoms with Gasteiger partial charge in [-0.1, -0.05) is 42.5 Å². The van der Waals surface area contributed by atoms with Crippen LogP contribution in [0.4, 0.5) is 0 Å². The van der Waals surface area contributed by atoms with E-state index >= 15 is 0 Å². The topological polar surface area (TPSA) is 90.4 Å². The molecule has 0 N–H and O–H groups in total. The van der Waals surface area contributed by atoms with E-state index in [1.165, 1.54) is 5.56 Å². The van der Waals surface area contributed by atoms with Gasteiger partial charge >= 0.3 is 0 Å². The number of hydrogen-bond donors (Lipinski definition) is 0. The van der Waals surface area contributed by atoms with E-state index in [0.717, 1.165) is 19.3 Å². The van der Waals surface area contributed by atoms with Crippen LogP contribution in [0.3, 0.4) is 0 Å². The number of sulfonamides is 1. The van der Waals surface area contributed by atoms with E-state index in [1.54, 1.807) is 24.3 Å². The van der Waals surface area contributed by atoms with Crippen LogP contribution in [0.1, 0.15) is 36.8 Å². The van der Waals surface area contributed by atoms with Crippen molar-refractivity contribution in [1.29, 1.82) is 0 Å². The first-order chi connectivity index (χ1) is 16.9. The van der Waals surface area contributed by atoms with E-state index in [1.807, 2.05) is 32.9 Å². The summed E-state index contributed by atoms with van der Waals surface area (Å²) >= 11 is 0. The van der Waals surface area contributed by atoms with Crippen molar-refractivity contribution in [3.8, 4) is 0 Å². The van der Waals surface area contributed by atoms with Crippen LogP contribution in [0, 0.1) is 0 Å². The highest BCUT2D eigenvalue weighted by atomic mass is 32.2. The van der Waals surface area contributed by atoms with Gasteiger partial charge in [-0.3, -0.25) is 9.59 Å². The van der Waals surface area contributed by atoms with Crippen LogP contribution in [-0.2, 0) is 26.0 Å². The van der Waals surface area contributed by atoms with E-state index in [9.17, 15) is 18.0 Å². The molecule has 2 saturated heterocycles. The lowest BCUT2D eigenvalue weighted by Gasteiger charge is -2.37. The molecule has 3 heterocycles. The van der Waals surface area contributed by atoms with Gasteiger partial charge in [-0.15, -0.1) is 4.40 Å². The minimum absolute atomic E-state index is 0.0110. The maximum atomic E-state index is 13.4. The molecular formula is C26H30N4O4S. The largest absolute Gasteiger partial charge is 0.343 e. The predicted octanol–water partition coefficient (Wildman–Crippen LogP) is 2.29. The summed E-state index contributed by atoms with van der Waals surface area (Å²) in [5, 5.41) is 0. The van der Waals surface area contributed by atoms with Crippen molar-refractivity contribution in [3.05, 3.63) is 65.7 Å². The Balaban J connectivity index is 1.17. The number of fused-ring (bicyclic) bond motifs is 1. The number of amides is 2. The van der Waals surface area contributed by atoms with Crippen molar-refractivity contribution < 1.29 is 18.0 Å². The molecule has 8 nitrogen and oxygen atoms in total. The highest BCUT2D eigenvalue weighted by Gasteiger charge is 2.41. The monoisotopic (exact) mass is 494 g/mol. The minimum Gasteiger partial charge on any atom is -0.343 e. The molecule has 3 aliphatic heterocycles. The maximum Gasteiger partial charge on any atom is 0.285 e. The van der Waals surface area contributed by atoms with Crippen LogP contribution in [-0.4, -0.2) is 79.5 Å². The first-order valence-electron chi connectivity index (χ1n) is 12.3. The molecule has 2 fully saturated rings. The fourth-order valence-corrected chi connectivity index (χ4v) is 6.42. The lowest BCUT2D eigenvalue weighted by Crippen LogP contribution is -2.55. The number of carbonyl (C=O) groups is 2. The third kappa shape index (κ3) is 4.82. The minimum atomic E-state index is -3.73. The van der Waals surface area contributed by atoms with Crippen LogP contribution < -0.4 is 0 Å². The van der Waals surface area contributed by atoms with Gasteiger partial charge < -0.3 is 14.7 Å². The van der Waals surface area contributed by atoms with Gasteiger partial charge in [0.05, 0.1) is 0 Å². The normalized spacial score (nSPS) is 21.1. The van der Waals surface area contributed by atoms with E-state index in [4.69, 9.17) is 0 Å². The number of piperazine rings is 1. The van der Waals surface area contributed by atoms with Crippen LogP contribution in [0.2, 0.25) is 0 Å². The van der Waals surface area contributed by atoms with E-state index < -0.39 is 16.1 Å². The van der Waals surface area contributed by atoms with Gasteiger partial charge in [0.2, 0.25) is 11.8 Å². The third-order valence-electron chi connectivity index (χ3n) is 7.07. The lowest BCUT2D eigenvalue weighted by molar-refractivity contribution is -0.141. The van der Waals surface area contributed by atoms with E-state index in [0.29, 0.717) is 57.0 Å². The smallest absolute Gasteiger partial charge is 0.285 e. The molecule has 0 bridgehead atoms. The number of nitrogens with zero attached hydrogens (tertiary/aromatic N) is 4. The first kappa shape index (κ1) is 23.5. The van der Waals surface area contributed by atoms with Crippen molar-refractivity contribution in [2.24, 2.45) is 4.40 Å². The summed E-state index contributed by atoms with van der Waals surface area (Å²) in [7, 11) is -3.73. The van der Waals surface area contributed by atoms with Crippen LogP contribution in [0.15, 0.2) is 63.9 Å². The lowest BCUT2D eigenvalue weighted by atomic mass is 10.1. The quantitative estimate of drug-likeness (QED) is 0.636. The Morgan fingerprint density at radius 3 is 2.34 bits per heavy atom. The Kier molecular flexibility index (Phi) is 6.60. The molecule has 9 heteroatoms. The molecule has 0 unspecified atom stereocenters. The van der Waals surface area contributed by atoms with Crippen molar-refractivity contribution >= 4 is 27.7 Å². The summed E-state index contributed by atoms with van der Waals surface area (Å²) in [6, 6.07) is 16.5. The number of carbonyl (C=O) groups excluding carboxylic acids is 2. The molecule has 184 valence electrons. The molecule has 0 aromatic heterocycles. The summed E-state index contributed by atoms with van der Waals surface area (Å²) < 4.78 is 29.0. The van der Waals surface area contributed by atoms with Crippen LogP contribution >= 0.6 is 0 Å². The molecule has 1 atom stereocenters. The van der Waals surface area contributed by atoms with Gasteiger partial charge in [0.15, 0.2) is 5.84 Å². The fourth-order valence-electron chi connectivity index (χ4n) is 5.21. The van der Waals surface area contributed by atoms with E-state index in [-0.39, 0.29) is 16.7 Å². The number of rotatable bonds is 5. The van der Waals surface area contributed by atoms with E-state index in [2.05, 4.69) is 16.5 Å². The first-order valence-corrected chi connectivity index (χ1v) is 13.7. The second-order valence-electron chi connectivity index (χ2n) is 9.28. The molecular weight excluding hydrogens is 464 g/mol. The zero-order valence-electron chi connectivity index (χ0n) is 19.7. The van der Waals surface area contributed by atoms with Gasteiger partial charge in [-0.2, -0.15) is 8.42 Å². The number of aryl methyl sites for hydroxylation is 1. The summed E-state index contributed by atoms with van der Waals surface area (Å²) in [4.78, 5) is 31.8. The molecule has 0 aliphatic carbocycles. The van der Waals surface area contributed by atoms with Crippen LogP contribution in [0.25, 0.3) is 0 Å². The Morgan fingerprint density at radius 1 is 0.886 bits per heavy atom. The maximum absolute atomic E-state index is 13.4. The van der Waals surface area contributed by atoms with Gasteiger partial charge in [0.25, 0.3) is 10.0 Å². The predicted molar refractivity (Wildman–Crippen MR) is 132 cm³/mol. The fraction of sp³-hybridized carbons (Fsp3) is 0.423. The zero-order valence-corrected chi connectivity index (χ0v) is 20.5. The number of likely N-dealkylation sites (tertiary alicyclic amines) is 1. The molecule has 2 aromatic carbocycles. The molecule has 35 heavy (non-hydrogen) atoms. The Hall–Kier alpha value is -3.20. The molecule has 0 spiro atoms. The van der Waals surface area contributed by atoms with Gasteiger partial charge in [-0.05, 0) is 43.4 Å². The zero-order chi connectivity index (χ0) is 24.4. The standard InChI is InChI=1S/C26H30N4O4S/c31-24(14-6-10-20-8-2-1-3-9-20)28-16-18-29(19-17-28)26(32)22-12-7-15-30(22)25-21-11-4-5-13-23(21)35(33,34)27-25/h1-5,8-9,11,13,22H,6-7,10,12,14-19H2/t22-/m0/s1. The summed E-state index contributed by atoms with van der Waals surface area (Å²) in [5.74, 6) is 0.504. The van der Waals surface area contributed by atoms with Crippen molar-refractivity contribution in [1.82, 2.24) is 14.7 Å². The number of benzene rings is 2. The third-order valence-corrected chi connectivity index (χ3v) is 8.39. The van der Waals surface area contributed by atoms with Crippen molar-refractivity contribution in [3.63, 3.8) is 0 Å². The van der Waals surface area contributed by atoms with Gasteiger partial charge in [0.1, 0.15) is 10.9 Å². The highest BCUT2D eigenvalue weighted by Crippen LogP contribution is 2.31. The molecule has 2 amide bonds. The van der Waals surface area contributed by atoms with Crippen molar-refractivity contribution in [2.45, 2.75) is 43.0 Å². The number of amidine groups is 1. The summed E-state index contributed by atoms with van der Waals surface area (Å²) in [6.45, 7) is 2.64. The average molecular weight is 495 g/mol. The second kappa shape index (κ2) is 9.81. The second-order valence-corrected chi connectivity index (χ2v) is 10.9. The van der Waals surface area contributed by atoms with Gasteiger partial charge in [0, 0.05) is 44.7 Å². The highest BCUT2D eigenvalue weighted by molar-refractivity contribution is 7.90. The van der Waals surface area contributed by atoms with Crippen LogP contribution in [0.5, 0.6) is 0 Å². The Labute approximate surface area is 206 Å². The SMILES string of the molecule is O=C(CCCc1ccccc1)N1CCN(C(=O)[C@@H]2CCCN2C2=NS(=O)(=O)c3ccccc32)CC1. The summed E-state index contributed by atoms with van der Waals surface area (Å²) in [6.07, 6.45) is 3.67.